The Morgan fingerprint density at radius 3 is 2.33 bits per heavy atom. The van der Waals surface area contributed by atoms with Gasteiger partial charge in [-0.1, -0.05) is 17.7 Å². The molecule has 1 aromatic carbocycles. The molecule has 0 atom stereocenters. The molecule has 4 nitrogen and oxygen atoms in total. The van der Waals surface area contributed by atoms with Crippen molar-refractivity contribution >= 4 is 11.7 Å². The Hall–Kier alpha value is -2.02. The fraction of sp³-hybridized carbons (Fsp3) is 0.429. The number of anilines is 1. The number of rotatable bonds is 5. The maximum absolute atomic E-state index is 10.7. The number of nitrogens with zero attached hydrogens (tertiary/aromatic N) is 2. The van der Waals surface area contributed by atoms with Crippen LogP contribution in [0.15, 0.2) is 12.1 Å². The van der Waals surface area contributed by atoms with Crippen molar-refractivity contribution in [3.8, 4) is 6.07 Å². The summed E-state index contributed by atoms with van der Waals surface area (Å²) in [6, 6.07) is 6.19. The molecule has 0 radical (unpaired) electrons. The summed E-state index contributed by atoms with van der Waals surface area (Å²) in [5, 5.41) is 17.6. The first-order valence-corrected chi connectivity index (χ1v) is 5.87. The quantitative estimate of drug-likeness (QED) is 0.810. The van der Waals surface area contributed by atoms with E-state index in [0.717, 1.165) is 16.8 Å². The van der Waals surface area contributed by atoms with Gasteiger partial charge in [0.05, 0.1) is 12.5 Å². The van der Waals surface area contributed by atoms with E-state index in [2.05, 4.69) is 6.07 Å². The number of aryl methyl sites for hydroxylation is 3. The van der Waals surface area contributed by atoms with Gasteiger partial charge < -0.3 is 10.0 Å². The van der Waals surface area contributed by atoms with E-state index >= 15 is 0 Å². The summed E-state index contributed by atoms with van der Waals surface area (Å²) in [4.78, 5) is 12.5. The van der Waals surface area contributed by atoms with Crippen LogP contribution >= 0.6 is 0 Å². The maximum atomic E-state index is 10.7. The predicted octanol–water partition coefficient (Wildman–Crippen LogP) is 2.42. The highest BCUT2D eigenvalue weighted by atomic mass is 16.4. The molecule has 0 saturated carbocycles. The van der Waals surface area contributed by atoms with Gasteiger partial charge in [-0.25, -0.2) is 0 Å². The molecule has 4 heteroatoms. The third-order valence-electron chi connectivity index (χ3n) is 2.81. The van der Waals surface area contributed by atoms with Crippen molar-refractivity contribution in [2.24, 2.45) is 0 Å². The lowest BCUT2D eigenvalue weighted by Gasteiger charge is -2.25. The molecule has 0 bridgehead atoms. The van der Waals surface area contributed by atoms with E-state index in [-0.39, 0.29) is 13.0 Å². The largest absolute Gasteiger partial charge is 0.481 e. The molecule has 0 spiro atoms. The fourth-order valence-electron chi connectivity index (χ4n) is 2.26. The summed E-state index contributed by atoms with van der Waals surface area (Å²) >= 11 is 0. The Bertz CT molecular complexity index is 466. The van der Waals surface area contributed by atoms with Gasteiger partial charge >= 0.3 is 5.97 Å². The Kier molecular flexibility index (Phi) is 4.73. The molecular formula is C14H18N2O2. The minimum absolute atomic E-state index is 0.0361. The normalized spacial score (nSPS) is 9.89. The van der Waals surface area contributed by atoms with E-state index in [4.69, 9.17) is 10.4 Å². The summed E-state index contributed by atoms with van der Waals surface area (Å²) < 4.78 is 0. The second-order valence-corrected chi connectivity index (χ2v) is 4.47. The molecule has 0 amide bonds. The molecule has 0 aromatic heterocycles. The Morgan fingerprint density at radius 2 is 1.89 bits per heavy atom. The van der Waals surface area contributed by atoms with Crippen molar-refractivity contribution in [1.82, 2.24) is 0 Å². The third kappa shape index (κ3) is 3.49. The highest BCUT2D eigenvalue weighted by molar-refractivity contribution is 5.68. The second-order valence-electron chi connectivity index (χ2n) is 4.47. The average Bonchev–Trinajstić information content (AvgIpc) is 2.24. The van der Waals surface area contributed by atoms with Crippen molar-refractivity contribution in [3.63, 3.8) is 0 Å². The number of benzene rings is 1. The van der Waals surface area contributed by atoms with Gasteiger partial charge in [0.2, 0.25) is 0 Å². The van der Waals surface area contributed by atoms with Gasteiger partial charge in [0.25, 0.3) is 0 Å². The molecule has 0 aliphatic heterocycles. The lowest BCUT2D eigenvalue weighted by Crippen LogP contribution is -2.28. The van der Waals surface area contributed by atoms with Gasteiger partial charge in [0.1, 0.15) is 6.54 Å². The van der Waals surface area contributed by atoms with E-state index in [1.807, 2.05) is 37.8 Å². The minimum Gasteiger partial charge on any atom is -0.481 e. The summed E-state index contributed by atoms with van der Waals surface area (Å²) in [5.41, 5.74) is 4.30. The number of aliphatic carboxylic acids is 1. The van der Waals surface area contributed by atoms with Gasteiger partial charge in [-0.2, -0.15) is 5.26 Å². The highest BCUT2D eigenvalue weighted by Crippen LogP contribution is 2.26. The monoisotopic (exact) mass is 246 g/mol. The van der Waals surface area contributed by atoms with Crippen LogP contribution in [-0.2, 0) is 4.79 Å². The van der Waals surface area contributed by atoms with Gasteiger partial charge in [0.15, 0.2) is 0 Å². The van der Waals surface area contributed by atoms with Crippen molar-refractivity contribution in [2.45, 2.75) is 27.2 Å². The average molecular weight is 246 g/mol. The van der Waals surface area contributed by atoms with Crippen LogP contribution in [0.5, 0.6) is 0 Å². The topological polar surface area (TPSA) is 64.3 Å². The first kappa shape index (κ1) is 14.0. The molecule has 0 aliphatic carbocycles. The zero-order valence-corrected chi connectivity index (χ0v) is 11.0. The van der Waals surface area contributed by atoms with Crippen molar-refractivity contribution < 1.29 is 9.90 Å². The van der Waals surface area contributed by atoms with Crippen LogP contribution in [0.2, 0.25) is 0 Å². The summed E-state index contributed by atoms with van der Waals surface area (Å²) in [6.45, 7) is 6.56. The van der Waals surface area contributed by atoms with E-state index < -0.39 is 5.97 Å². The van der Waals surface area contributed by atoms with Gasteiger partial charge in [-0.15, -0.1) is 0 Å². The van der Waals surface area contributed by atoms with Crippen LogP contribution in [-0.4, -0.2) is 24.2 Å². The fourth-order valence-corrected chi connectivity index (χ4v) is 2.26. The molecule has 0 fully saturated rings. The Balaban J connectivity index is 3.06. The van der Waals surface area contributed by atoms with Gasteiger partial charge in [-0.05, 0) is 31.9 Å². The van der Waals surface area contributed by atoms with E-state index in [9.17, 15) is 4.79 Å². The smallest absolute Gasteiger partial charge is 0.305 e. The second kappa shape index (κ2) is 6.06. The van der Waals surface area contributed by atoms with E-state index in [0.29, 0.717) is 6.54 Å². The van der Waals surface area contributed by atoms with Crippen LogP contribution in [0.4, 0.5) is 5.69 Å². The molecule has 0 unspecified atom stereocenters. The number of hydrogen-bond acceptors (Lipinski definition) is 3. The lowest BCUT2D eigenvalue weighted by atomic mass is 10.0. The van der Waals surface area contributed by atoms with Crippen molar-refractivity contribution in [3.05, 3.63) is 28.8 Å². The zero-order valence-electron chi connectivity index (χ0n) is 11.0. The van der Waals surface area contributed by atoms with E-state index in [1.165, 1.54) is 5.56 Å². The summed E-state index contributed by atoms with van der Waals surface area (Å²) in [7, 11) is 0. The molecule has 0 aliphatic rings. The van der Waals surface area contributed by atoms with E-state index in [1.54, 1.807) is 0 Å². The summed E-state index contributed by atoms with van der Waals surface area (Å²) in [6.07, 6.45) is 0.0361. The standard InChI is InChI=1S/C14H18N2O2/c1-10-8-11(2)14(12(3)9-10)16(7-5-15)6-4-13(17)18/h8-9H,4,6-7H2,1-3H3,(H,17,18). The van der Waals surface area contributed by atoms with Crippen molar-refractivity contribution in [1.29, 1.82) is 5.26 Å². The first-order valence-electron chi connectivity index (χ1n) is 5.87. The molecule has 1 rings (SSSR count). The molecule has 96 valence electrons. The van der Waals surface area contributed by atoms with Crippen LogP contribution in [0.3, 0.4) is 0 Å². The van der Waals surface area contributed by atoms with Crippen molar-refractivity contribution in [2.75, 3.05) is 18.0 Å². The Labute approximate surface area is 107 Å². The molecular weight excluding hydrogens is 228 g/mol. The van der Waals surface area contributed by atoms with Crippen LogP contribution < -0.4 is 4.90 Å². The zero-order chi connectivity index (χ0) is 13.7. The highest BCUT2D eigenvalue weighted by Gasteiger charge is 2.13. The molecule has 1 N–H and O–H groups in total. The third-order valence-corrected chi connectivity index (χ3v) is 2.81. The number of hydrogen-bond donors (Lipinski definition) is 1. The number of nitriles is 1. The number of carbonyl (C=O) groups is 1. The number of carboxylic acids is 1. The first-order chi connectivity index (χ1) is 8.45. The van der Waals surface area contributed by atoms with Gasteiger partial charge in [-0.3, -0.25) is 4.79 Å². The molecule has 0 heterocycles. The predicted molar refractivity (Wildman–Crippen MR) is 70.7 cm³/mol. The molecule has 18 heavy (non-hydrogen) atoms. The maximum Gasteiger partial charge on any atom is 0.305 e. The Morgan fingerprint density at radius 1 is 1.33 bits per heavy atom. The molecule has 0 saturated heterocycles. The van der Waals surface area contributed by atoms with Crippen LogP contribution in [0, 0.1) is 32.1 Å². The summed E-state index contributed by atoms with van der Waals surface area (Å²) in [5.74, 6) is -0.847. The minimum atomic E-state index is -0.847. The lowest BCUT2D eigenvalue weighted by molar-refractivity contribution is -0.136. The van der Waals surface area contributed by atoms with Crippen LogP contribution in [0.25, 0.3) is 0 Å². The number of carboxylic acid groups (broad SMARTS) is 1. The molecule has 1 aromatic rings. The van der Waals surface area contributed by atoms with Crippen LogP contribution in [0.1, 0.15) is 23.1 Å². The SMILES string of the molecule is Cc1cc(C)c(N(CC#N)CCC(=O)O)c(C)c1. The van der Waals surface area contributed by atoms with Gasteiger partial charge in [0, 0.05) is 12.2 Å².